The molecule has 2 nitrogen and oxygen atoms in total. The molecular formula is C13H28N2. The average molecular weight is 212 g/mol. The Bertz CT molecular complexity index is 195. The fourth-order valence-corrected chi connectivity index (χ4v) is 2.52. The van der Waals surface area contributed by atoms with Gasteiger partial charge in [-0.1, -0.05) is 34.6 Å². The van der Waals surface area contributed by atoms with Crippen LogP contribution in [0.1, 0.15) is 34.6 Å². The molecule has 0 aromatic heterocycles. The van der Waals surface area contributed by atoms with Crippen molar-refractivity contribution in [2.45, 2.75) is 34.6 Å². The lowest BCUT2D eigenvalue weighted by atomic mass is 10.0. The van der Waals surface area contributed by atoms with Crippen LogP contribution in [0, 0.1) is 16.7 Å². The fraction of sp³-hybridized carbons (Fsp3) is 1.00. The number of rotatable bonds is 6. The normalized spacial score (nSPS) is 23.4. The van der Waals surface area contributed by atoms with Crippen LogP contribution in [0.3, 0.4) is 0 Å². The van der Waals surface area contributed by atoms with Crippen LogP contribution < -0.4 is 5.32 Å². The third-order valence-electron chi connectivity index (χ3n) is 4.88. The number of nitrogens with zero attached hydrogens (tertiary/aromatic N) is 1. The van der Waals surface area contributed by atoms with Crippen LogP contribution in [0.25, 0.3) is 0 Å². The zero-order chi connectivity index (χ0) is 11.7. The second-order valence-electron chi connectivity index (χ2n) is 6.10. The van der Waals surface area contributed by atoms with Crippen molar-refractivity contribution in [2.24, 2.45) is 16.7 Å². The molecule has 0 spiro atoms. The summed E-state index contributed by atoms with van der Waals surface area (Å²) in [6, 6.07) is 0. The van der Waals surface area contributed by atoms with Crippen LogP contribution >= 0.6 is 0 Å². The second-order valence-corrected chi connectivity index (χ2v) is 6.10. The van der Waals surface area contributed by atoms with Crippen molar-refractivity contribution in [2.75, 3.05) is 33.2 Å². The summed E-state index contributed by atoms with van der Waals surface area (Å²) in [4.78, 5) is 2.34. The minimum Gasteiger partial charge on any atom is -0.315 e. The highest BCUT2D eigenvalue weighted by molar-refractivity contribution is 5.12. The number of likely N-dealkylation sites (N-methyl/N-ethyl adjacent to an activating group) is 1. The van der Waals surface area contributed by atoms with Crippen LogP contribution in [-0.4, -0.2) is 38.1 Å². The molecule has 1 aliphatic rings. The van der Waals surface area contributed by atoms with Gasteiger partial charge >= 0.3 is 0 Å². The van der Waals surface area contributed by atoms with E-state index in [0.717, 1.165) is 25.6 Å². The lowest BCUT2D eigenvalue weighted by molar-refractivity contribution is 0.345. The van der Waals surface area contributed by atoms with E-state index in [1.807, 2.05) is 0 Å². The zero-order valence-corrected chi connectivity index (χ0v) is 11.4. The summed E-state index contributed by atoms with van der Waals surface area (Å²) < 4.78 is 0. The molecule has 0 radical (unpaired) electrons. The average Bonchev–Trinajstić information content (AvgIpc) is 2.53. The van der Waals surface area contributed by atoms with Gasteiger partial charge in [-0.05, 0) is 36.9 Å². The first-order valence-corrected chi connectivity index (χ1v) is 6.23. The minimum absolute atomic E-state index is 0.524. The summed E-state index contributed by atoms with van der Waals surface area (Å²) in [5.41, 5.74) is 1.05. The van der Waals surface area contributed by atoms with Gasteiger partial charge in [0.05, 0.1) is 0 Å². The first kappa shape index (κ1) is 13.0. The highest BCUT2D eigenvalue weighted by atomic mass is 15.1. The largest absolute Gasteiger partial charge is 0.315 e. The fourth-order valence-electron chi connectivity index (χ4n) is 2.52. The molecule has 0 amide bonds. The Labute approximate surface area is 95.4 Å². The Hall–Kier alpha value is -0.0800. The van der Waals surface area contributed by atoms with E-state index in [1.54, 1.807) is 0 Å². The zero-order valence-electron chi connectivity index (χ0n) is 11.4. The molecule has 0 atom stereocenters. The lowest BCUT2D eigenvalue weighted by Crippen LogP contribution is -2.30. The maximum atomic E-state index is 3.58. The van der Waals surface area contributed by atoms with Crippen LogP contribution in [0.2, 0.25) is 0 Å². The van der Waals surface area contributed by atoms with Crippen molar-refractivity contribution in [1.29, 1.82) is 0 Å². The van der Waals surface area contributed by atoms with E-state index in [9.17, 15) is 0 Å². The van der Waals surface area contributed by atoms with Gasteiger partial charge in [-0.25, -0.2) is 0 Å². The predicted octanol–water partition coefficient (Wildman–Crippen LogP) is 2.21. The van der Waals surface area contributed by atoms with Gasteiger partial charge < -0.3 is 10.2 Å². The van der Waals surface area contributed by atoms with E-state index in [-0.39, 0.29) is 0 Å². The Balaban J connectivity index is 2.13. The van der Waals surface area contributed by atoms with Crippen LogP contribution in [-0.2, 0) is 0 Å². The smallest absolute Gasteiger partial charge is 0.0104 e. The highest BCUT2D eigenvalue weighted by Crippen LogP contribution is 2.67. The maximum absolute atomic E-state index is 3.58. The number of hydrogen-bond donors (Lipinski definition) is 1. The first-order valence-electron chi connectivity index (χ1n) is 6.23. The van der Waals surface area contributed by atoms with Crippen molar-refractivity contribution in [1.82, 2.24) is 10.2 Å². The molecule has 0 aliphatic heterocycles. The lowest BCUT2D eigenvalue weighted by Gasteiger charge is -2.14. The van der Waals surface area contributed by atoms with E-state index in [4.69, 9.17) is 0 Å². The SMILES string of the molecule is CCN(C)CCNCC1C(C)(C)C1(C)C. The van der Waals surface area contributed by atoms with Gasteiger partial charge in [0.25, 0.3) is 0 Å². The van der Waals surface area contributed by atoms with E-state index >= 15 is 0 Å². The summed E-state index contributed by atoms with van der Waals surface area (Å²) in [7, 11) is 2.17. The Morgan fingerprint density at radius 3 is 2.07 bits per heavy atom. The van der Waals surface area contributed by atoms with Gasteiger partial charge in [-0.2, -0.15) is 0 Å². The first-order chi connectivity index (χ1) is 6.84. The van der Waals surface area contributed by atoms with Crippen LogP contribution in [0.5, 0.6) is 0 Å². The van der Waals surface area contributed by atoms with E-state index in [1.165, 1.54) is 6.54 Å². The van der Waals surface area contributed by atoms with Gasteiger partial charge in [0, 0.05) is 13.1 Å². The molecule has 0 unspecified atom stereocenters. The molecule has 0 saturated heterocycles. The maximum Gasteiger partial charge on any atom is 0.0104 e. The van der Waals surface area contributed by atoms with Gasteiger partial charge in [0.15, 0.2) is 0 Å². The van der Waals surface area contributed by atoms with Gasteiger partial charge in [-0.3, -0.25) is 0 Å². The molecule has 1 aliphatic carbocycles. The van der Waals surface area contributed by atoms with E-state index in [2.05, 4.69) is 51.9 Å². The van der Waals surface area contributed by atoms with Crippen LogP contribution in [0.15, 0.2) is 0 Å². The Kier molecular flexibility index (Phi) is 3.83. The molecule has 0 heterocycles. The third-order valence-corrected chi connectivity index (χ3v) is 4.88. The topological polar surface area (TPSA) is 15.3 Å². The summed E-state index contributed by atoms with van der Waals surface area (Å²) in [5, 5.41) is 3.58. The van der Waals surface area contributed by atoms with E-state index in [0.29, 0.717) is 10.8 Å². The standard InChI is InChI=1S/C13H28N2/c1-7-15(6)9-8-14-10-11-12(2,3)13(11,4)5/h11,14H,7-10H2,1-6H3. The molecule has 90 valence electrons. The quantitative estimate of drug-likeness (QED) is 0.679. The molecular weight excluding hydrogens is 184 g/mol. The van der Waals surface area contributed by atoms with Crippen molar-refractivity contribution >= 4 is 0 Å². The van der Waals surface area contributed by atoms with Gasteiger partial charge in [0.1, 0.15) is 0 Å². The summed E-state index contributed by atoms with van der Waals surface area (Å²) >= 11 is 0. The molecule has 2 heteroatoms. The minimum atomic E-state index is 0.524. The van der Waals surface area contributed by atoms with Gasteiger partial charge in [-0.15, -0.1) is 0 Å². The predicted molar refractivity (Wildman–Crippen MR) is 67.1 cm³/mol. The molecule has 0 aromatic rings. The van der Waals surface area contributed by atoms with Crippen LogP contribution in [0.4, 0.5) is 0 Å². The molecule has 1 N–H and O–H groups in total. The monoisotopic (exact) mass is 212 g/mol. The molecule has 15 heavy (non-hydrogen) atoms. The Morgan fingerprint density at radius 2 is 1.67 bits per heavy atom. The van der Waals surface area contributed by atoms with Crippen molar-refractivity contribution in [3.05, 3.63) is 0 Å². The summed E-state index contributed by atoms with van der Waals surface area (Å²) in [6.07, 6.45) is 0. The third kappa shape index (κ3) is 2.54. The molecule has 0 bridgehead atoms. The molecule has 1 rings (SSSR count). The second kappa shape index (κ2) is 4.42. The Morgan fingerprint density at radius 1 is 1.13 bits per heavy atom. The number of hydrogen-bond acceptors (Lipinski definition) is 2. The van der Waals surface area contributed by atoms with E-state index < -0.39 is 0 Å². The molecule has 1 fully saturated rings. The van der Waals surface area contributed by atoms with Crippen molar-refractivity contribution in [3.63, 3.8) is 0 Å². The van der Waals surface area contributed by atoms with Crippen molar-refractivity contribution in [3.8, 4) is 0 Å². The summed E-state index contributed by atoms with van der Waals surface area (Å²) in [6.45, 7) is 16.3. The molecule has 0 aromatic carbocycles. The summed E-state index contributed by atoms with van der Waals surface area (Å²) in [5.74, 6) is 0.844. The highest BCUT2D eigenvalue weighted by Gasteiger charge is 2.63. The van der Waals surface area contributed by atoms with Crippen molar-refractivity contribution < 1.29 is 0 Å². The van der Waals surface area contributed by atoms with Gasteiger partial charge in [0.2, 0.25) is 0 Å². The number of nitrogens with one attached hydrogen (secondary N) is 1. The molecule has 1 saturated carbocycles.